The number of aryl methyl sites for hydroxylation is 1. The van der Waals surface area contributed by atoms with Crippen LogP contribution < -0.4 is 4.74 Å². The van der Waals surface area contributed by atoms with E-state index in [9.17, 15) is 14.7 Å². The van der Waals surface area contributed by atoms with Gasteiger partial charge in [0.25, 0.3) is 0 Å². The number of aliphatic carboxylic acids is 1. The topological polar surface area (TPSA) is 98.0 Å². The van der Waals surface area contributed by atoms with Gasteiger partial charge in [0, 0.05) is 36.7 Å². The number of aromatic carboxylic acids is 1. The van der Waals surface area contributed by atoms with Gasteiger partial charge in [0.1, 0.15) is 5.75 Å². The third-order valence-corrected chi connectivity index (χ3v) is 5.33. The number of nitrogens with zero attached hydrogens (tertiary/aromatic N) is 1. The van der Waals surface area contributed by atoms with Crippen molar-refractivity contribution in [2.75, 3.05) is 20.3 Å². The van der Waals surface area contributed by atoms with Gasteiger partial charge < -0.3 is 24.3 Å². The number of unbranched alkanes of at least 4 members (excludes halogenated alkanes) is 3. The number of aromatic nitrogens is 1. The van der Waals surface area contributed by atoms with Gasteiger partial charge in [-0.2, -0.15) is 0 Å². The number of ether oxygens (including phenoxy) is 2. The van der Waals surface area contributed by atoms with Crippen molar-refractivity contribution < 1.29 is 29.3 Å². The highest BCUT2D eigenvalue weighted by atomic mass is 16.5. The van der Waals surface area contributed by atoms with E-state index >= 15 is 0 Å². The Bertz CT molecular complexity index is 870. The van der Waals surface area contributed by atoms with Crippen LogP contribution in [0, 0.1) is 6.92 Å². The zero-order chi connectivity index (χ0) is 22.1. The van der Waals surface area contributed by atoms with Crippen LogP contribution in [0.25, 0.3) is 10.9 Å². The highest BCUT2D eigenvalue weighted by molar-refractivity contribution is 6.05. The van der Waals surface area contributed by atoms with E-state index in [2.05, 4.69) is 6.92 Å². The lowest BCUT2D eigenvalue weighted by Crippen LogP contribution is -2.07. The molecular weight excluding hydrogens is 386 g/mol. The first kappa shape index (κ1) is 23.7. The summed E-state index contributed by atoms with van der Waals surface area (Å²) in [6, 6.07) is 3.84. The Kier molecular flexibility index (Phi) is 9.17. The van der Waals surface area contributed by atoms with Crippen molar-refractivity contribution in [2.45, 2.75) is 65.3 Å². The molecule has 1 heterocycles. The Hall–Kier alpha value is -2.54. The summed E-state index contributed by atoms with van der Waals surface area (Å²) in [5.41, 5.74) is 2.86. The molecule has 0 saturated carbocycles. The molecule has 7 nitrogen and oxygen atoms in total. The van der Waals surface area contributed by atoms with Crippen molar-refractivity contribution in [1.29, 1.82) is 0 Å². The summed E-state index contributed by atoms with van der Waals surface area (Å²) in [5, 5.41) is 19.3. The minimum absolute atomic E-state index is 0.0426. The minimum Gasteiger partial charge on any atom is -0.493 e. The molecule has 2 rings (SSSR count). The van der Waals surface area contributed by atoms with E-state index in [1.165, 1.54) is 6.42 Å². The maximum absolute atomic E-state index is 11.9. The van der Waals surface area contributed by atoms with Crippen LogP contribution in [0.15, 0.2) is 12.1 Å². The van der Waals surface area contributed by atoms with E-state index in [-0.39, 0.29) is 18.6 Å². The van der Waals surface area contributed by atoms with E-state index in [1.54, 1.807) is 7.11 Å². The van der Waals surface area contributed by atoms with Crippen molar-refractivity contribution >= 4 is 22.8 Å². The van der Waals surface area contributed by atoms with E-state index in [0.717, 1.165) is 36.8 Å². The number of hydrogen-bond donors (Lipinski definition) is 2. The summed E-state index contributed by atoms with van der Waals surface area (Å²) in [5.74, 6) is -1.18. The number of methoxy groups -OCH3 is 1. The molecule has 166 valence electrons. The van der Waals surface area contributed by atoms with E-state index < -0.39 is 11.9 Å². The standard InChI is InChI=1S/C23H33NO6/c1-4-5-6-7-9-17-14-19-18(15-20(17)30-12-8-10-21(25)26)22(23(27)28)16(2)24(19)11-13-29-3/h14-15H,4-13H2,1-3H3,(H,25,26)(H,27,28). The minimum atomic E-state index is -0.971. The van der Waals surface area contributed by atoms with Gasteiger partial charge in [0.05, 0.1) is 18.8 Å². The van der Waals surface area contributed by atoms with Crippen LogP contribution in [-0.4, -0.2) is 47.0 Å². The molecule has 0 radical (unpaired) electrons. The first-order chi connectivity index (χ1) is 14.4. The number of carboxylic acid groups (broad SMARTS) is 2. The molecule has 0 aliphatic carbocycles. The van der Waals surface area contributed by atoms with E-state index in [0.29, 0.717) is 36.4 Å². The monoisotopic (exact) mass is 419 g/mol. The zero-order valence-corrected chi connectivity index (χ0v) is 18.2. The lowest BCUT2D eigenvalue weighted by Gasteiger charge is -2.14. The predicted molar refractivity (Wildman–Crippen MR) is 116 cm³/mol. The third-order valence-electron chi connectivity index (χ3n) is 5.33. The number of hydrogen-bond acceptors (Lipinski definition) is 4. The molecule has 0 aliphatic rings. The van der Waals surface area contributed by atoms with E-state index in [4.69, 9.17) is 14.6 Å². The van der Waals surface area contributed by atoms with Gasteiger partial charge in [-0.3, -0.25) is 4.79 Å². The summed E-state index contributed by atoms with van der Waals surface area (Å²) in [7, 11) is 1.63. The van der Waals surface area contributed by atoms with Gasteiger partial charge in [0.15, 0.2) is 0 Å². The molecule has 2 aromatic rings. The Balaban J connectivity index is 2.44. The molecule has 2 N–H and O–H groups in total. The maximum Gasteiger partial charge on any atom is 0.338 e. The van der Waals surface area contributed by atoms with Crippen LogP contribution in [0.2, 0.25) is 0 Å². The molecule has 0 aliphatic heterocycles. The van der Waals surface area contributed by atoms with Gasteiger partial charge in [-0.05, 0) is 43.9 Å². The lowest BCUT2D eigenvalue weighted by molar-refractivity contribution is -0.137. The van der Waals surface area contributed by atoms with Gasteiger partial charge in [-0.25, -0.2) is 4.79 Å². The zero-order valence-electron chi connectivity index (χ0n) is 18.2. The highest BCUT2D eigenvalue weighted by Gasteiger charge is 2.21. The van der Waals surface area contributed by atoms with Crippen LogP contribution in [-0.2, 0) is 22.5 Å². The number of fused-ring (bicyclic) bond motifs is 1. The van der Waals surface area contributed by atoms with Gasteiger partial charge in [-0.1, -0.05) is 26.2 Å². The summed E-state index contributed by atoms with van der Waals surface area (Å²) in [6.07, 6.45) is 5.75. The number of rotatable bonds is 14. The first-order valence-corrected chi connectivity index (χ1v) is 10.6. The Labute approximate surface area is 177 Å². The highest BCUT2D eigenvalue weighted by Crippen LogP contribution is 2.33. The quantitative estimate of drug-likeness (QED) is 0.432. The molecule has 0 spiro atoms. The lowest BCUT2D eigenvalue weighted by atomic mass is 10.0. The van der Waals surface area contributed by atoms with Gasteiger partial charge in [0.2, 0.25) is 0 Å². The number of benzene rings is 1. The second-order valence-corrected chi connectivity index (χ2v) is 7.54. The second-order valence-electron chi connectivity index (χ2n) is 7.54. The smallest absolute Gasteiger partial charge is 0.338 e. The number of carbonyl (C=O) groups is 2. The molecule has 7 heteroatoms. The molecule has 0 atom stereocenters. The van der Waals surface area contributed by atoms with Crippen molar-refractivity contribution in [3.63, 3.8) is 0 Å². The Morgan fingerprint density at radius 1 is 1.07 bits per heavy atom. The fraction of sp³-hybridized carbons (Fsp3) is 0.565. The summed E-state index contributed by atoms with van der Waals surface area (Å²) in [4.78, 5) is 22.7. The summed E-state index contributed by atoms with van der Waals surface area (Å²) in [6.45, 7) is 5.32. The molecule has 30 heavy (non-hydrogen) atoms. The van der Waals surface area contributed by atoms with Crippen molar-refractivity contribution in [2.24, 2.45) is 0 Å². The fourth-order valence-electron chi connectivity index (χ4n) is 3.76. The summed E-state index contributed by atoms with van der Waals surface area (Å²) < 4.78 is 13.1. The Morgan fingerprint density at radius 2 is 1.83 bits per heavy atom. The van der Waals surface area contributed by atoms with Gasteiger partial charge in [-0.15, -0.1) is 0 Å². The molecule has 0 amide bonds. The maximum atomic E-state index is 11.9. The predicted octanol–water partition coefficient (Wildman–Crippen LogP) is 4.66. The van der Waals surface area contributed by atoms with Crippen LogP contribution in [0.1, 0.15) is 67.1 Å². The van der Waals surface area contributed by atoms with Gasteiger partial charge >= 0.3 is 11.9 Å². The molecule has 0 bridgehead atoms. The third kappa shape index (κ3) is 5.98. The largest absolute Gasteiger partial charge is 0.493 e. The van der Waals surface area contributed by atoms with E-state index in [1.807, 2.05) is 23.6 Å². The van der Waals surface area contributed by atoms with Crippen molar-refractivity contribution in [1.82, 2.24) is 4.57 Å². The normalized spacial score (nSPS) is 11.2. The molecule has 0 saturated heterocycles. The first-order valence-electron chi connectivity index (χ1n) is 10.6. The molecule has 0 unspecified atom stereocenters. The van der Waals surface area contributed by atoms with Crippen LogP contribution >= 0.6 is 0 Å². The van der Waals surface area contributed by atoms with Crippen LogP contribution in [0.3, 0.4) is 0 Å². The molecular formula is C23H33NO6. The summed E-state index contributed by atoms with van der Waals surface area (Å²) >= 11 is 0. The number of carboxylic acids is 2. The van der Waals surface area contributed by atoms with Crippen LogP contribution in [0.4, 0.5) is 0 Å². The average molecular weight is 420 g/mol. The van der Waals surface area contributed by atoms with Crippen LogP contribution in [0.5, 0.6) is 5.75 Å². The van der Waals surface area contributed by atoms with Crippen molar-refractivity contribution in [3.8, 4) is 5.75 Å². The molecule has 1 aromatic carbocycles. The molecule has 1 aromatic heterocycles. The SMILES string of the molecule is CCCCCCc1cc2c(cc1OCCCC(=O)O)c(C(=O)O)c(C)n2CCOC. The average Bonchev–Trinajstić information content (AvgIpc) is 2.97. The second kappa shape index (κ2) is 11.6. The molecule has 0 fully saturated rings. The van der Waals surface area contributed by atoms with Crippen molar-refractivity contribution in [3.05, 3.63) is 29.0 Å². The Morgan fingerprint density at radius 3 is 2.47 bits per heavy atom. The fourth-order valence-corrected chi connectivity index (χ4v) is 3.76.